The molecule has 13 nitrogen and oxygen atoms in total. The Bertz CT molecular complexity index is 956. The summed E-state index contributed by atoms with van der Waals surface area (Å²) in [5.41, 5.74) is 11.8. The molecule has 1 aromatic rings. The highest BCUT2D eigenvalue weighted by Crippen LogP contribution is 2.13. The molecule has 13 heteroatoms. The lowest BCUT2D eigenvalue weighted by Gasteiger charge is -2.27. The third kappa shape index (κ3) is 11.1. The summed E-state index contributed by atoms with van der Waals surface area (Å²) in [6.45, 7) is 3.85. The molecule has 0 bridgehead atoms. The van der Waals surface area contributed by atoms with Crippen LogP contribution in [0.15, 0.2) is 24.3 Å². The van der Waals surface area contributed by atoms with Crippen molar-refractivity contribution in [3.05, 3.63) is 29.8 Å². The lowest BCUT2D eigenvalue weighted by molar-refractivity contribution is -0.143. The average molecular weight is 538 g/mol. The zero-order chi connectivity index (χ0) is 28.8. The van der Waals surface area contributed by atoms with Crippen LogP contribution >= 0.6 is 0 Å². The highest BCUT2D eigenvalue weighted by atomic mass is 16.4. The SMILES string of the molecule is CCC(C)C(NC(=O)C(CC(=O)O)NC(=O)C(N)CCCCN)C(=O)NC(Cc1ccc(O)cc1)C(=O)O. The molecule has 5 unspecified atom stereocenters. The second-order valence-electron chi connectivity index (χ2n) is 9.19. The molecule has 0 radical (unpaired) electrons. The number of phenols is 1. The normalized spacial score (nSPS) is 14.8. The highest BCUT2D eigenvalue weighted by molar-refractivity contribution is 5.95. The molecular weight excluding hydrogens is 498 g/mol. The van der Waals surface area contributed by atoms with Crippen molar-refractivity contribution in [2.75, 3.05) is 6.54 Å². The van der Waals surface area contributed by atoms with Crippen LogP contribution in [0.3, 0.4) is 0 Å². The molecule has 38 heavy (non-hydrogen) atoms. The summed E-state index contributed by atoms with van der Waals surface area (Å²) in [6, 6.07) is 0.787. The van der Waals surface area contributed by atoms with Crippen LogP contribution < -0.4 is 27.4 Å². The van der Waals surface area contributed by atoms with Gasteiger partial charge in [0.1, 0.15) is 23.9 Å². The van der Waals surface area contributed by atoms with Crippen LogP contribution in [0.1, 0.15) is 51.5 Å². The van der Waals surface area contributed by atoms with Crippen LogP contribution in [0.4, 0.5) is 0 Å². The number of benzene rings is 1. The van der Waals surface area contributed by atoms with Gasteiger partial charge in [0.05, 0.1) is 12.5 Å². The quantitative estimate of drug-likeness (QED) is 0.118. The number of nitrogens with two attached hydrogens (primary N) is 2. The van der Waals surface area contributed by atoms with Gasteiger partial charge in [-0.2, -0.15) is 0 Å². The fraction of sp³-hybridized carbons (Fsp3) is 0.560. The van der Waals surface area contributed by atoms with Crippen LogP contribution in [-0.2, 0) is 30.4 Å². The zero-order valence-corrected chi connectivity index (χ0v) is 21.7. The van der Waals surface area contributed by atoms with Crippen molar-refractivity contribution in [1.82, 2.24) is 16.0 Å². The number of carbonyl (C=O) groups is 5. The fourth-order valence-corrected chi connectivity index (χ4v) is 3.59. The summed E-state index contributed by atoms with van der Waals surface area (Å²) in [7, 11) is 0. The molecule has 5 atom stereocenters. The molecule has 0 saturated carbocycles. The van der Waals surface area contributed by atoms with E-state index in [1.807, 2.05) is 0 Å². The maximum absolute atomic E-state index is 13.1. The van der Waals surface area contributed by atoms with Gasteiger partial charge in [-0.15, -0.1) is 0 Å². The number of carboxylic acid groups (broad SMARTS) is 2. The Morgan fingerprint density at radius 3 is 2.03 bits per heavy atom. The molecule has 212 valence electrons. The van der Waals surface area contributed by atoms with Gasteiger partial charge < -0.3 is 42.7 Å². The fourth-order valence-electron chi connectivity index (χ4n) is 3.59. The molecule has 3 amide bonds. The van der Waals surface area contributed by atoms with Crippen molar-refractivity contribution >= 4 is 29.7 Å². The summed E-state index contributed by atoms with van der Waals surface area (Å²) >= 11 is 0. The molecule has 0 saturated heterocycles. The van der Waals surface area contributed by atoms with Crippen molar-refractivity contribution in [1.29, 1.82) is 0 Å². The predicted octanol–water partition coefficient (Wildman–Crippen LogP) is -0.549. The third-order valence-corrected chi connectivity index (χ3v) is 6.10. The summed E-state index contributed by atoms with van der Waals surface area (Å²) in [6.07, 6.45) is 1.11. The molecule has 0 aliphatic rings. The van der Waals surface area contributed by atoms with E-state index in [0.29, 0.717) is 37.8 Å². The summed E-state index contributed by atoms with van der Waals surface area (Å²) in [4.78, 5) is 61.7. The van der Waals surface area contributed by atoms with Crippen LogP contribution in [0.25, 0.3) is 0 Å². The smallest absolute Gasteiger partial charge is 0.326 e. The molecule has 0 aromatic heterocycles. The largest absolute Gasteiger partial charge is 0.508 e. The topological polar surface area (TPSA) is 234 Å². The first-order valence-corrected chi connectivity index (χ1v) is 12.5. The van der Waals surface area contributed by atoms with Crippen LogP contribution in [0.5, 0.6) is 5.75 Å². The number of aromatic hydroxyl groups is 1. The number of rotatable bonds is 17. The van der Waals surface area contributed by atoms with E-state index < -0.39 is 66.2 Å². The van der Waals surface area contributed by atoms with Gasteiger partial charge in [-0.05, 0) is 43.0 Å². The van der Waals surface area contributed by atoms with Gasteiger partial charge in [0.2, 0.25) is 17.7 Å². The first-order chi connectivity index (χ1) is 17.9. The number of hydrogen-bond acceptors (Lipinski definition) is 8. The van der Waals surface area contributed by atoms with Gasteiger partial charge in [-0.1, -0.05) is 38.8 Å². The minimum Gasteiger partial charge on any atom is -0.508 e. The number of aliphatic carboxylic acids is 2. The number of phenolic OH excluding ortho intramolecular Hbond substituents is 1. The lowest BCUT2D eigenvalue weighted by Crippen LogP contribution is -2.59. The standard InChI is InChI=1S/C25H39N5O8/c1-3-14(2)21(24(36)29-19(25(37)38)12-15-7-9-16(31)10-8-15)30-23(35)18(13-20(32)33)28-22(34)17(27)6-4-5-11-26/h7-10,14,17-19,21,31H,3-6,11-13,26-27H2,1-2H3,(H,28,34)(H,29,36)(H,30,35)(H,32,33)(H,37,38). The van der Waals surface area contributed by atoms with Crippen LogP contribution in [-0.4, -0.2) is 75.7 Å². The van der Waals surface area contributed by atoms with Crippen LogP contribution in [0.2, 0.25) is 0 Å². The molecule has 0 heterocycles. The van der Waals surface area contributed by atoms with Crippen LogP contribution in [0, 0.1) is 5.92 Å². The van der Waals surface area contributed by atoms with Gasteiger partial charge >= 0.3 is 11.9 Å². The number of carboxylic acids is 2. The summed E-state index contributed by atoms with van der Waals surface area (Å²) < 4.78 is 0. The monoisotopic (exact) mass is 537 g/mol. The van der Waals surface area contributed by atoms with E-state index in [0.717, 1.165) is 0 Å². The first kappa shape index (κ1) is 32.3. The number of nitrogens with one attached hydrogen (secondary N) is 3. The Labute approximate surface area is 221 Å². The minimum absolute atomic E-state index is 0.00345. The summed E-state index contributed by atoms with van der Waals surface area (Å²) in [5, 5.41) is 35.5. The molecular formula is C25H39N5O8. The number of unbranched alkanes of at least 4 members (excludes halogenated alkanes) is 1. The Hall–Kier alpha value is -3.71. The zero-order valence-electron chi connectivity index (χ0n) is 21.7. The van der Waals surface area contributed by atoms with Gasteiger partial charge in [0.25, 0.3) is 0 Å². The molecule has 0 spiro atoms. The minimum atomic E-state index is -1.51. The number of carbonyl (C=O) groups excluding carboxylic acids is 3. The Morgan fingerprint density at radius 1 is 0.895 bits per heavy atom. The van der Waals surface area contributed by atoms with Gasteiger partial charge in [0.15, 0.2) is 0 Å². The van der Waals surface area contributed by atoms with Gasteiger partial charge in [-0.3, -0.25) is 19.2 Å². The van der Waals surface area contributed by atoms with Gasteiger partial charge in [-0.25, -0.2) is 4.79 Å². The third-order valence-electron chi connectivity index (χ3n) is 6.10. The van der Waals surface area contributed by atoms with E-state index in [2.05, 4.69) is 16.0 Å². The molecule has 10 N–H and O–H groups in total. The Morgan fingerprint density at radius 2 is 1.50 bits per heavy atom. The van der Waals surface area contributed by atoms with E-state index in [1.165, 1.54) is 24.3 Å². The van der Waals surface area contributed by atoms with E-state index >= 15 is 0 Å². The molecule has 1 aromatic carbocycles. The molecule has 0 fully saturated rings. The Balaban J connectivity index is 3.00. The maximum Gasteiger partial charge on any atom is 0.326 e. The first-order valence-electron chi connectivity index (χ1n) is 12.5. The van der Waals surface area contributed by atoms with E-state index in [-0.39, 0.29) is 12.2 Å². The Kier molecular flexibility index (Phi) is 13.8. The second-order valence-corrected chi connectivity index (χ2v) is 9.19. The number of hydrogen-bond donors (Lipinski definition) is 8. The van der Waals surface area contributed by atoms with Crippen molar-refractivity contribution in [2.24, 2.45) is 17.4 Å². The molecule has 0 aliphatic heterocycles. The van der Waals surface area contributed by atoms with Crippen molar-refractivity contribution in [3.8, 4) is 5.75 Å². The molecule has 1 rings (SSSR count). The van der Waals surface area contributed by atoms with Crippen molar-refractivity contribution < 1.29 is 39.3 Å². The number of amides is 3. The van der Waals surface area contributed by atoms with Crippen molar-refractivity contribution in [2.45, 2.75) is 76.5 Å². The predicted molar refractivity (Wildman–Crippen MR) is 138 cm³/mol. The second kappa shape index (κ2) is 16.2. The maximum atomic E-state index is 13.1. The lowest BCUT2D eigenvalue weighted by atomic mass is 9.96. The average Bonchev–Trinajstić information content (AvgIpc) is 2.86. The molecule has 0 aliphatic carbocycles. The van der Waals surface area contributed by atoms with E-state index in [4.69, 9.17) is 11.5 Å². The van der Waals surface area contributed by atoms with Crippen molar-refractivity contribution in [3.63, 3.8) is 0 Å². The van der Waals surface area contributed by atoms with Gasteiger partial charge in [0, 0.05) is 6.42 Å². The van der Waals surface area contributed by atoms with E-state index in [1.54, 1.807) is 13.8 Å². The summed E-state index contributed by atoms with van der Waals surface area (Å²) in [5.74, 6) is -5.52. The van der Waals surface area contributed by atoms with E-state index in [9.17, 15) is 39.3 Å². The highest BCUT2D eigenvalue weighted by Gasteiger charge is 2.33.